The van der Waals surface area contributed by atoms with Crippen molar-refractivity contribution in [1.82, 2.24) is 5.32 Å². The van der Waals surface area contributed by atoms with Crippen LogP contribution in [0.3, 0.4) is 0 Å². The molecule has 0 bridgehead atoms. The Bertz CT molecular complexity index is 1660. The van der Waals surface area contributed by atoms with Crippen molar-refractivity contribution in [3.63, 3.8) is 0 Å². The lowest BCUT2D eigenvalue weighted by Crippen LogP contribution is -2.66. The van der Waals surface area contributed by atoms with Gasteiger partial charge in [0.2, 0.25) is 5.91 Å². The van der Waals surface area contributed by atoms with Crippen molar-refractivity contribution < 1.29 is 89.4 Å². The van der Waals surface area contributed by atoms with Gasteiger partial charge in [-0.3, -0.25) is 4.79 Å². The van der Waals surface area contributed by atoms with E-state index < -0.39 is 124 Å². The Hall–Kier alpha value is -2.77. The van der Waals surface area contributed by atoms with Crippen molar-refractivity contribution in [3.8, 4) is 0 Å². The van der Waals surface area contributed by atoms with Crippen LogP contribution >= 0.6 is 0 Å². The normalized spacial score (nSPS) is 31.8. The minimum atomic E-state index is -1.98. The Morgan fingerprint density at radius 1 is 0.493 bits per heavy atom. The molecule has 1 amide bonds. The number of unbranched alkanes of at least 4 members (excludes halogenated alkanes) is 12. The molecule has 0 radical (unpaired) electrons. The van der Waals surface area contributed by atoms with E-state index in [9.17, 15) is 61.0 Å². The molecule has 12 N–H and O–H groups in total. The second kappa shape index (κ2) is 39.6. The molecule has 0 spiro atoms. The lowest BCUT2D eigenvalue weighted by molar-refractivity contribution is -0.379. The maximum absolute atomic E-state index is 13.2. The molecular weight excluding hydrogens is 975 g/mol. The third-order valence-corrected chi connectivity index (χ3v) is 13.5. The van der Waals surface area contributed by atoms with Crippen molar-refractivity contribution in [2.24, 2.45) is 0 Å². The number of hydrogen-bond acceptors (Lipinski definition) is 18. The molecule has 19 nitrogen and oxygen atoms in total. The van der Waals surface area contributed by atoms with Crippen molar-refractivity contribution in [2.45, 2.75) is 247 Å². The standard InChI is InChI=1S/C56H95NO18/c1-3-5-7-9-11-13-14-15-16-17-18-19-20-21-22-23-24-26-28-30-32-34-44(62)57-39(40(61)33-31-29-27-25-12-10-8-6-4-2)38-70-54-50(68)47(65)52(42(36-59)72-54)75-56-51(69)48(66)53(43(37-60)73-56)74-55-49(67)46(64)45(63)41(35-58)71-55/h5,7,11-13,15-16,18-19,25,31,33,39-43,45-56,58-61,63-69H,3-4,6,8-10,14,17,20-24,26-30,32,34-38H2,1-2H3,(H,57,62)/b7-5-,13-11-,16-15-,19-18-,25-12+,33-31+. The molecular formula is C56H95NO18. The highest BCUT2D eigenvalue weighted by atomic mass is 16.8. The van der Waals surface area contributed by atoms with Gasteiger partial charge in [0, 0.05) is 6.42 Å². The Balaban J connectivity index is 1.49. The molecule has 3 aliphatic heterocycles. The van der Waals surface area contributed by atoms with Crippen LogP contribution in [0.1, 0.15) is 142 Å². The van der Waals surface area contributed by atoms with Crippen molar-refractivity contribution in [2.75, 3.05) is 26.4 Å². The first-order valence-electron chi connectivity index (χ1n) is 27.7. The summed E-state index contributed by atoms with van der Waals surface area (Å²) in [6.45, 7) is 1.48. The minimum absolute atomic E-state index is 0.221. The first kappa shape index (κ1) is 66.5. The van der Waals surface area contributed by atoms with Gasteiger partial charge in [0.25, 0.3) is 0 Å². The summed E-state index contributed by atoms with van der Waals surface area (Å²) < 4.78 is 34.1. The van der Waals surface area contributed by atoms with E-state index in [4.69, 9.17) is 28.4 Å². The molecule has 3 aliphatic rings. The van der Waals surface area contributed by atoms with Crippen LogP contribution in [0.15, 0.2) is 72.9 Å². The van der Waals surface area contributed by atoms with E-state index in [1.807, 2.05) is 6.08 Å². The van der Waals surface area contributed by atoms with E-state index >= 15 is 0 Å². The average molecular weight is 1070 g/mol. The molecule has 0 aromatic heterocycles. The van der Waals surface area contributed by atoms with E-state index in [-0.39, 0.29) is 18.9 Å². The summed E-state index contributed by atoms with van der Waals surface area (Å²) in [5.74, 6) is -0.302. The van der Waals surface area contributed by atoms with Crippen LogP contribution in [0.4, 0.5) is 0 Å². The van der Waals surface area contributed by atoms with Crippen molar-refractivity contribution in [1.29, 1.82) is 0 Å². The number of carbonyl (C=O) groups is 1. The summed E-state index contributed by atoms with van der Waals surface area (Å²) >= 11 is 0. The Kier molecular flexibility index (Phi) is 35.1. The summed E-state index contributed by atoms with van der Waals surface area (Å²) in [6, 6.07) is -0.995. The van der Waals surface area contributed by atoms with Gasteiger partial charge in [0.05, 0.1) is 38.6 Å². The maximum Gasteiger partial charge on any atom is 0.220 e. The van der Waals surface area contributed by atoms with Gasteiger partial charge in [-0.15, -0.1) is 0 Å². The number of rotatable bonds is 38. The fraction of sp³-hybridized carbons (Fsp3) is 0.768. The number of hydrogen-bond donors (Lipinski definition) is 12. The molecule has 0 aromatic carbocycles. The molecule has 0 aliphatic carbocycles. The summed E-state index contributed by atoms with van der Waals surface area (Å²) in [7, 11) is 0. The average Bonchev–Trinajstić information content (AvgIpc) is 3.41. The molecule has 19 heteroatoms. The highest BCUT2D eigenvalue weighted by molar-refractivity contribution is 5.76. The zero-order chi connectivity index (χ0) is 54.8. The topological polar surface area (TPSA) is 307 Å². The fourth-order valence-electron chi connectivity index (χ4n) is 8.90. The first-order chi connectivity index (χ1) is 36.3. The Morgan fingerprint density at radius 2 is 0.933 bits per heavy atom. The van der Waals surface area contributed by atoms with Gasteiger partial charge in [-0.25, -0.2) is 0 Å². The Morgan fingerprint density at radius 3 is 1.49 bits per heavy atom. The largest absolute Gasteiger partial charge is 0.394 e. The van der Waals surface area contributed by atoms with Gasteiger partial charge in [-0.05, 0) is 70.6 Å². The number of allylic oxidation sites excluding steroid dienone is 11. The molecule has 0 aromatic rings. The second-order valence-electron chi connectivity index (χ2n) is 19.7. The molecule has 17 unspecified atom stereocenters. The summed E-state index contributed by atoms with van der Waals surface area (Å²) in [6.07, 6.45) is 17.7. The van der Waals surface area contributed by atoms with Gasteiger partial charge in [-0.2, -0.15) is 0 Å². The van der Waals surface area contributed by atoms with Gasteiger partial charge in [-0.1, -0.05) is 138 Å². The van der Waals surface area contributed by atoms with Gasteiger partial charge >= 0.3 is 0 Å². The number of carbonyl (C=O) groups excluding carboxylic acids is 1. The van der Waals surface area contributed by atoms with Crippen LogP contribution in [0.2, 0.25) is 0 Å². The summed E-state index contributed by atoms with van der Waals surface area (Å²) in [5.41, 5.74) is 0. The van der Waals surface area contributed by atoms with Gasteiger partial charge < -0.3 is 89.9 Å². The van der Waals surface area contributed by atoms with Crippen LogP contribution in [0.5, 0.6) is 0 Å². The highest BCUT2D eigenvalue weighted by Gasteiger charge is 2.53. The number of nitrogens with one attached hydrogen (secondary N) is 1. The van der Waals surface area contributed by atoms with E-state index in [0.29, 0.717) is 12.8 Å². The fourth-order valence-corrected chi connectivity index (χ4v) is 8.90. The SMILES string of the molecule is CC/C=C\C/C=C\C/C=C\C/C=C\CCCCCCCCCCC(=O)NC(COC1OC(CO)C(OC2OC(CO)C(OC3OC(CO)C(O)C(O)C3O)C(O)C2O)C(O)C1O)C(O)/C=C/CC/C=C/CCCCC. The van der Waals surface area contributed by atoms with Crippen LogP contribution in [-0.2, 0) is 33.2 Å². The molecule has 3 fully saturated rings. The van der Waals surface area contributed by atoms with Crippen LogP contribution in [-0.4, -0.2) is 193 Å². The predicted molar refractivity (Wildman–Crippen MR) is 281 cm³/mol. The lowest BCUT2D eigenvalue weighted by Gasteiger charge is -2.48. The quantitative estimate of drug-likeness (QED) is 0.0311. The Labute approximate surface area is 445 Å². The zero-order valence-corrected chi connectivity index (χ0v) is 44.5. The molecule has 3 heterocycles. The number of aliphatic hydroxyl groups excluding tert-OH is 11. The molecule has 432 valence electrons. The second-order valence-corrected chi connectivity index (χ2v) is 19.7. The van der Waals surface area contributed by atoms with E-state index in [1.54, 1.807) is 6.08 Å². The van der Waals surface area contributed by atoms with Crippen molar-refractivity contribution in [3.05, 3.63) is 72.9 Å². The monoisotopic (exact) mass is 1070 g/mol. The van der Waals surface area contributed by atoms with Crippen LogP contribution < -0.4 is 5.32 Å². The number of ether oxygens (including phenoxy) is 6. The highest BCUT2D eigenvalue weighted by Crippen LogP contribution is 2.33. The smallest absolute Gasteiger partial charge is 0.220 e. The molecule has 75 heavy (non-hydrogen) atoms. The van der Waals surface area contributed by atoms with E-state index in [1.165, 1.54) is 25.7 Å². The van der Waals surface area contributed by atoms with Crippen molar-refractivity contribution >= 4 is 5.91 Å². The number of aliphatic hydroxyl groups is 11. The molecule has 3 rings (SSSR count). The molecule has 0 saturated carbocycles. The minimum Gasteiger partial charge on any atom is -0.394 e. The van der Waals surface area contributed by atoms with E-state index in [0.717, 1.165) is 83.5 Å². The van der Waals surface area contributed by atoms with Crippen LogP contribution in [0.25, 0.3) is 0 Å². The van der Waals surface area contributed by atoms with Crippen LogP contribution in [0, 0.1) is 0 Å². The van der Waals surface area contributed by atoms with E-state index in [2.05, 4.69) is 79.9 Å². The maximum atomic E-state index is 13.2. The number of amides is 1. The third-order valence-electron chi connectivity index (χ3n) is 13.5. The summed E-state index contributed by atoms with van der Waals surface area (Å²) in [5, 5.41) is 120. The molecule has 17 atom stereocenters. The van der Waals surface area contributed by atoms with Gasteiger partial charge in [0.15, 0.2) is 18.9 Å². The predicted octanol–water partition coefficient (Wildman–Crippen LogP) is 3.48. The lowest BCUT2D eigenvalue weighted by atomic mass is 9.96. The summed E-state index contributed by atoms with van der Waals surface area (Å²) in [4.78, 5) is 13.2. The zero-order valence-electron chi connectivity index (χ0n) is 44.5. The first-order valence-corrected chi connectivity index (χ1v) is 27.7. The molecule has 3 saturated heterocycles. The van der Waals surface area contributed by atoms with Gasteiger partial charge in [0.1, 0.15) is 73.2 Å². The third kappa shape index (κ3) is 24.4.